The Labute approximate surface area is 118 Å². The molecule has 20 heavy (non-hydrogen) atoms. The van der Waals surface area contributed by atoms with Gasteiger partial charge in [0.1, 0.15) is 0 Å². The van der Waals surface area contributed by atoms with Gasteiger partial charge in [0.25, 0.3) is 0 Å². The summed E-state index contributed by atoms with van der Waals surface area (Å²) < 4.78 is 0. The Morgan fingerprint density at radius 1 is 0.700 bits per heavy atom. The molecule has 0 saturated heterocycles. The number of nitrogens with zero attached hydrogens (tertiary/aromatic N) is 2. The zero-order valence-corrected chi connectivity index (χ0v) is 11.3. The fourth-order valence-corrected chi connectivity index (χ4v) is 3.02. The van der Waals surface area contributed by atoms with Crippen LogP contribution in [0.15, 0.2) is 46.4 Å². The van der Waals surface area contributed by atoms with Gasteiger partial charge in [0.2, 0.25) is 0 Å². The molecule has 0 aliphatic heterocycles. The molecule has 0 aromatic heterocycles. The minimum Gasteiger partial charge on any atom is -0.279 e. The van der Waals surface area contributed by atoms with Gasteiger partial charge in [0.15, 0.2) is 0 Å². The topological polar surface area (TPSA) is 24.7 Å². The van der Waals surface area contributed by atoms with Gasteiger partial charge in [0.05, 0.1) is 23.5 Å². The van der Waals surface area contributed by atoms with Gasteiger partial charge in [0, 0.05) is 16.5 Å². The molecule has 0 heterocycles. The zero-order valence-electron chi connectivity index (χ0n) is 11.3. The summed E-state index contributed by atoms with van der Waals surface area (Å²) in [6.07, 6.45) is 4.97. The molecule has 0 N–H and O–H groups in total. The first-order valence-corrected chi connectivity index (χ1v) is 7.58. The van der Waals surface area contributed by atoms with Crippen molar-refractivity contribution in [3.8, 4) is 0 Å². The standard InChI is InChI=1S/C18H16N2/c1-3-11-4-2-6-15-16(11)14(5-1)17(19-12-7-8-12)18(15)20-13-9-10-13/h1-6,12-13H,7-10H2. The highest BCUT2D eigenvalue weighted by molar-refractivity contribution is 6.61. The quantitative estimate of drug-likeness (QED) is 0.785. The smallest absolute Gasteiger partial charge is 0.0914 e. The first kappa shape index (κ1) is 10.8. The minimum atomic E-state index is 0.541. The van der Waals surface area contributed by atoms with Crippen LogP contribution in [0.4, 0.5) is 0 Å². The molecule has 2 aromatic carbocycles. The second-order valence-electron chi connectivity index (χ2n) is 6.13. The van der Waals surface area contributed by atoms with Crippen LogP contribution in [0.3, 0.4) is 0 Å². The minimum absolute atomic E-state index is 0.541. The predicted molar refractivity (Wildman–Crippen MR) is 83.1 cm³/mol. The van der Waals surface area contributed by atoms with Crippen LogP contribution in [0.1, 0.15) is 36.8 Å². The molecule has 2 nitrogen and oxygen atoms in total. The van der Waals surface area contributed by atoms with Crippen LogP contribution in [0.2, 0.25) is 0 Å². The summed E-state index contributed by atoms with van der Waals surface area (Å²) in [7, 11) is 0. The summed E-state index contributed by atoms with van der Waals surface area (Å²) in [5, 5.41) is 2.67. The maximum Gasteiger partial charge on any atom is 0.0914 e. The largest absolute Gasteiger partial charge is 0.279 e. The number of rotatable bonds is 2. The number of benzene rings is 2. The third-order valence-electron chi connectivity index (χ3n) is 4.36. The van der Waals surface area contributed by atoms with E-state index in [1.165, 1.54) is 47.6 Å². The highest BCUT2D eigenvalue weighted by atomic mass is 14.9. The second kappa shape index (κ2) is 3.78. The Morgan fingerprint density at radius 3 is 1.65 bits per heavy atom. The maximum atomic E-state index is 4.98. The van der Waals surface area contributed by atoms with Crippen molar-refractivity contribution in [2.45, 2.75) is 37.8 Å². The molecule has 98 valence electrons. The Balaban J connectivity index is 1.81. The fourth-order valence-electron chi connectivity index (χ4n) is 3.02. The van der Waals surface area contributed by atoms with Crippen LogP contribution in [-0.2, 0) is 0 Å². The lowest BCUT2D eigenvalue weighted by molar-refractivity contribution is 1.06. The number of hydrogen-bond acceptors (Lipinski definition) is 2. The maximum absolute atomic E-state index is 4.98. The second-order valence-corrected chi connectivity index (χ2v) is 6.13. The summed E-state index contributed by atoms with van der Waals surface area (Å²) in [6, 6.07) is 14.2. The van der Waals surface area contributed by atoms with Crippen LogP contribution in [0, 0.1) is 0 Å². The summed E-state index contributed by atoms with van der Waals surface area (Å²) in [4.78, 5) is 9.95. The molecule has 2 heteroatoms. The molecule has 0 unspecified atom stereocenters. The van der Waals surface area contributed by atoms with Crippen molar-refractivity contribution < 1.29 is 0 Å². The van der Waals surface area contributed by atoms with E-state index < -0.39 is 0 Å². The monoisotopic (exact) mass is 260 g/mol. The van der Waals surface area contributed by atoms with Crippen LogP contribution >= 0.6 is 0 Å². The summed E-state index contributed by atoms with van der Waals surface area (Å²) in [5.41, 5.74) is 4.91. The van der Waals surface area contributed by atoms with Gasteiger partial charge in [-0.1, -0.05) is 36.4 Å². The van der Waals surface area contributed by atoms with Crippen molar-refractivity contribution in [1.29, 1.82) is 0 Å². The molecule has 3 aliphatic rings. The van der Waals surface area contributed by atoms with E-state index in [1.54, 1.807) is 0 Å². The van der Waals surface area contributed by atoms with Crippen molar-refractivity contribution >= 4 is 22.2 Å². The van der Waals surface area contributed by atoms with Gasteiger partial charge in [-0.25, -0.2) is 0 Å². The molecule has 3 aliphatic carbocycles. The van der Waals surface area contributed by atoms with Crippen molar-refractivity contribution in [3.63, 3.8) is 0 Å². The third kappa shape index (κ3) is 1.57. The van der Waals surface area contributed by atoms with E-state index in [0.717, 1.165) is 11.4 Å². The van der Waals surface area contributed by atoms with E-state index in [2.05, 4.69) is 36.4 Å². The van der Waals surface area contributed by atoms with E-state index in [-0.39, 0.29) is 0 Å². The highest BCUT2D eigenvalue weighted by Gasteiger charge is 2.32. The third-order valence-corrected chi connectivity index (χ3v) is 4.36. The molecule has 2 aromatic rings. The summed E-state index contributed by atoms with van der Waals surface area (Å²) in [5.74, 6) is 0. The molecule has 2 fully saturated rings. The first-order valence-electron chi connectivity index (χ1n) is 7.58. The van der Waals surface area contributed by atoms with Crippen molar-refractivity contribution in [2.24, 2.45) is 9.98 Å². The average Bonchev–Trinajstić information content (AvgIpc) is 3.36. The lowest BCUT2D eigenvalue weighted by Crippen LogP contribution is -2.12. The molecular weight excluding hydrogens is 244 g/mol. The summed E-state index contributed by atoms with van der Waals surface area (Å²) >= 11 is 0. The van der Waals surface area contributed by atoms with E-state index in [9.17, 15) is 0 Å². The lowest BCUT2D eigenvalue weighted by atomic mass is 10.1. The average molecular weight is 260 g/mol. The predicted octanol–water partition coefficient (Wildman–Crippen LogP) is 3.76. The molecule has 0 atom stereocenters. The van der Waals surface area contributed by atoms with Gasteiger partial charge < -0.3 is 0 Å². The fraction of sp³-hybridized carbons (Fsp3) is 0.333. The first-order chi connectivity index (χ1) is 9.90. The molecule has 2 saturated carbocycles. The number of aliphatic imine (C=N–C) groups is 2. The van der Waals surface area contributed by atoms with Gasteiger partial charge in [-0.2, -0.15) is 0 Å². The lowest BCUT2D eigenvalue weighted by Gasteiger charge is -2.02. The van der Waals surface area contributed by atoms with E-state index >= 15 is 0 Å². The molecule has 0 amide bonds. The van der Waals surface area contributed by atoms with Crippen LogP contribution in [0.25, 0.3) is 10.8 Å². The van der Waals surface area contributed by atoms with Crippen LogP contribution in [-0.4, -0.2) is 23.5 Å². The molecular formula is C18H16N2. The molecule has 0 bridgehead atoms. The van der Waals surface area contributed by atoms with E-state index in [1.807, 2.05) is 0 Å². The highest BCUT2D eigenvalue weighted by Crippen LogP contribution is 2.36. The SMILES string of the molecule is c1cc2c3c(cccc3c1)C(=NC1CC1)C2=NC1CC1. The molecule has 5 rings (SSSR count). The summed E-state index contributed by atoms with van der Waals surface area (Å²) in [6.45, 7) is 0. The van der Waals surface area contributed by atoms with Gasteiger partial charge in [-0.15, -0.1) is 0 Å². The van der Waals surface area contributed by atoms with Gasteiger partial charge >= 0.3 is 0 Å². The van der Waals surface area contributed by atoms with Crippen LogP contribution < -0.4 is 0 Å². The Bertz CT molecular complexity index is 714. The Morgan fingerprint density at radius 2 is 1.20 bits per heavy atom. The van der Waals surface area contributed by atoms with Crippen molar-refractivity contribution in [2.75, 3.05) is 0 Å². The Hall–Kier alpha value is -1.96. The Kier molecular flexibility index (Phi) is 2.04. The molecule has 0 radical (unpaired) electrons. The van der Waals surface area contributed by atoms with Gasteiger partial charge in [-0.05, 0) is 31.1 Å². The zero-order chi connectivity index (χ0) is 13.1. The van der Waals surface area contributed by atoms with Crippen molar-refractivity contribution in [3.05, 3.63) is 47.5 Å². The van der Waals surface area contributed by atoms with Crippen LogP contribution in [0.5, 0.6) is 0 Å². The van der Waals surface area contributed by atoms with Gasteiger partial charge in [-0.3, -0.25) is 9.98 Å². The van der Waals surface area contributed by atoms with E-state index in [4.69, 9.17) is 9.98 Å². The normalized spacial score (nSPS) is 25.0. The van der Waals surface area contributed by atoms with Crippen molar-refractivity contribution in [1.82, 2.24) is 0 Å². The van der Waals surface area contributed by atoms with E-state index in [0.29, 0.717) is 12.1 Å². The number of hydrogen-bond donors (Lipinski definition) is 0. The molecule has 0 spiro atoms.